The molecule has 0 fully saturated rings. The van der Waals surface area contributed by atoms with Gasteiger partial charge in [0.15, 0.2) is 0 Å². The molecule has 1 atom stereocenters. The summed E-state index contributed by atoms with van der Waals surface area (Å²) in [6, 6.07) is 4.73. The minimum Gasteiger partial charge on any atom is -0.394 e. The first-order valence-electron chi connectivity index (χ1n) is 8.13. The molecule has 0 aliphatic carbocycles. The average molecular weight is 352 g/mol. The number of aryl methyl sites for hydroxylation is 1. The highest BCUT2D eigenvalue weighted by Crippen LogP contribution is 2.28. The molecule has 0 saturated heterocycles. The number of carbonyl (C=O) groups is 1. The lowest BCUT2D eigenvalue weighted by molar-refractivity contribution is 0.229. The van der Waals surface area contributed by atoms with Crippen LogP contribution in [0, 0.1) is 6.92 Å². The molecule has 3 aromatic rings. The summed E-state index contributed by atoms with van der Waals surface area (Å²) in [5, 5.41) is 15.7. The minimum atomic E-state index is -0.441. The van der Waals surface area contributed by atoms with E-state index < -0.39 is 6.03 Å². The van der Waals surface area contributed by atoms with Crippen LogP contribution in [0.3, 0.4) is 0 Å². The largest absolute Gasteiger partial charge is 0.394 e. The van der Waals surface area contributed by atoms with Crippen LogP contribution >= 0.6 is 0 Å². The Kier molecular flexibility index (Phi) is 4.94. The number of nitrogens with zero attached hydrogens (tertiary/aromatic N) is 3. The molecule has 0 aliphatic rings. The Morgan fingerprint density at radius 2 is 2.15 bits per heavy atom. The number of hydrogen-bond donors (Lipinski definition) is 4. The number of aromatic nitrogens is 3. The zero-order valence-corrected chi connectivity index (χ0v) is 14.5. The third-order valence-electron chi connectivity index (χ3n) is 3.95. The molecule has 0 aromatic carbocycles. The van der Waals surface area contributed by atoms with Crippen molar-refractivity contribution in [2.75, 3.05) is 17.7 Å². The lowest BCUT2D eigenvalue weighted by Gasteiger charge is -2.12. The van der Waals surface area contributed by atoms with E-state index in [1.807, 2.05) is 19.1 Å². The fraction of sp³-hybridized carbons (Fsp3) is 0.222. The van der Waals surface area contributed by atoms with Gasteiger partial charge in [0, 0.05) is 29.5 Å². The Labute approximate surface area is 150 Å². The van der Waals surface area contributed by atoms with E-state index in [-0.39, 0.29) is 12.6 Å². The molecule has 26 heavy (non-hydrogen) atoms. The standard InChI is InChI=1S/C18H20N6O2/c1-10-3-4-20-7-13(10)15-5-12-6-16(21-8-14(12)17(19)23-15)24-18(26)22-11(2)9-25/h3-8,11,25H,9H2,1-2H3,(H2,19,23)(H2,21,22,24,26)/t11-/m0/s1. The van der Waals surface area contributed by atoms with Crippen LogP contribution in [-0.4, -0.2) is 38.7 Å². The van der Waals surface area contributed by atoms with Crippen molar-refractivity contribution in [3.8, 4) is 11.3 Å². The summed E-state index contributed by atoms with van der Waals surface area (Å²) in [6.45, 7) is 3.53. The van der Waals surface area contributed by atoms with Crippen LogP contribution < -0.4 is 16.4 Å². The molecule has 0 radical (unpaired) electrons. The SMILES string of the molecule is Cc1ccncc1-c1cc2cc(NC(=O)N[C@@H](C)CO)ncc2c(N)n1. The maximum absolute atomic E-state index is 11.9. The number of rotatable bonds is 4. The number of nitrogen functional groups attached to an aromatic ring is 1. The molecule has 0 aliphatic heterocycles. The van der Waals surface area contributed by atoms with E-state index >= 15 is 0 Å². The van der Waals surface area contributed by atoms with Crippen LogP contribution in [0.4, 0.5) is 16.4 Å². The summed E-state index contributed by atoms with van der Waals surface area (Å²) < 4.78 is 0. The van der Waals surface area contributed by atoms with Gasteiger partial charge in [0.1, 0.15) is 11.6 Å². The van der Waals surface area contributed by atoms with Crippen molar-refractivity contribution in [2.45, 2.75) is 19.9 Å². The molecular formula is C18H20N6O2. The van der Waals surface area contributed by atoms with Crippen LogP contribution in [-0.2, 0) is 0 Å². The molecule has 8 nitrogen and oxygen atoms in total. The molecule has 0 bridgehead atoms. The molecule has 2 amide bonds. The maximum Gasteiger partial charge on any atom is 0.320 e. The fourth-order valence-electron chi connectivity index (χ4n) is 2.53. The number of nitrogens with two attached hydrogens (primary N) is 1. The smallest absolute Gasteiger partial charge is 0.320 e. The normalized spacial score (nSPS) is 12.0. The molecule has 3 aromatic heterocycles. The third kappa shape index (κ3) is 3.70. The van der Waals surface area contributed by atoms with Gasteiger partial charge in [-0.3, -0.25) is 10.3 Å². The molecule has 134 valence electrons. The second-order valence-corrected chi connectivity index (χ2v) is 6.06. The number of anilines is 2. The van der Waals surface area contributed by atoms with Crippen molar-refractivity contribution in [3.63, 3.8) is 0 Å². The first-order chi connectivity index (χ1) is 12.5. The van der Waals surface area contributed by atoms with Crippen molar-refractivity contribution < 1.29 is 9.90 Å². The summed E-state index contributed by atoms with van der Waals surface area (Å²) in [5.41, 5.74) is 8.71. The third-order valence-corrected chi connectivity index (χ3v) is 3.95. The highest BCUT2D eigenvalue weighted by molar-refractivity contribution is 5.96. The molecule has 5 N–H and O–H groups in total. The summed E-state index contributed by atoms with van der Waals surface area (Å²) in [7, 11) is 0. The summed E-state index contributed by atoms with van der Waals surface area (Å²) in [5.74, 6) is 0.734. The van der Waals surface area contributed by atoms with Crippen molar-refractivity contribution in [1.29, 1.82) is 0 Å². The number of urea groups is 1. The van der Waals surface area contributed by atoms with Gasteiger partial charge in [0.25, 0.3) is 0 Å². The number of aliphatic hydroxyl groups excluding tert-OH is 1. The molecule has 3 rings (SSSR count). The van der Waals surface area contributed by atoms with Gasteiger partial charge in [-0.25, -0.2) is 14.8 Å². The molecular weight excluding hydrogens is 332 g/mol. The number of carbonyl (C=O) groups excluding carboxylic acids is 1. The zero-order valence-electron chi connectivity index (χ0n) is 14.5. The topological polar surface area (TPSA) is 126 Å². The number of amides is 2. The van der Waals surface area contributed by atoms with E-state index in [1.54, 1.807) is 31.6 Å². The van der Waals surface area contributed by atoms with Crippen LogP contribution in [0.15, 0.2) is 36.8 Å². The molecule has 0 spiro atoms. The molecule has 8 heteroatoms. The number of hydrogen-bond acceptors (Lipinski definition) is 6. The van der Waals surface area contributed by atoms with Gasteiger partial charge < -0.3 is 16.2 Å². The van der Waals surface area contributed by atoms with E-state index in [1.165, 1.54) is 0 Å². The Hall–Kier alpha value is -3.26. The number of nitrogens with one attached hydrogen (secondary N) is 2. The highest BCUT2D eigenvalue weighted by atomic mass is 16.3. The Morgan fingerprint density at radius 3 is 2.88 bits per heavy atom. The van der Waals surface area contributed by atoms with E-state index in [4.69, 9.17) is 10.8 Å². The van der Waals surface area contributed by atoms with Gasteiger partial charge in [-0.15, -0.1) is 0 Å². The van der Waals surface area contributed by atoms with E-state index in [0.29, 0.717) is 22.7 Å². The Morgan fingerprint density at radius 1 is 1.35 bits per heavy atom. The van der Waals surface area contributed by atoms with E-state index in [0.717, 1.165) is 16.5 Å². The van der Waals surface area contributed by atoms with Crippen molar-refractivity contribution >= 4 is 28.4 Å². The molecule has 0 saturated carbocycles. The van der Waals surface area contributed by atoms with E-state index in [9.17, 15) is 4.79 Å². The van der Waals surface area contributed by atoms with Gasteiger partial charge in [-0.1, -0.05) is 0 Å². The van der Waals surface area contributed by atoms with Crippen LogP contribution in [0.1, 0.15) is 12.5 Å². The highest BCUT2D eigenvalue weighted by Gasteiger charge is 2.11. The monoisotopic (exact) mass is 352 g/mol. The molecule has 0 unspecified atom stereocenters. The summed E-state index contributed by atoms with van der Waals surface area (Å²) in [6.07, 6.45) is 5.04. The second kappa shape index (κ2) is 7.32. The van der Waals surface area contributed by atoms with Crippen molar-refractivity contribution in [3.05, 3.63) is 42.4 Å². The Bertz CT molecular complexity index is 960. The van der Waals surface area contributed by atoms with Crippen molar-refractivity contribution in [2.24, 2.45) is 0 Å². The van der Waals surface area contributed by atoms with Crippen LogP contribution in [0.5, 0.6) is 0 Å². The van der Waals surface area contributed by atoms with Gasteiger partial charge in [0.05, 0.1) is 18.3 Å². The lowest BCUT2D eigenvalue weighted by Crippen LogP contribution is -2.38. The summed E-state index contributed by atoms with van der Waals surface area (Å²) >= 11 is 0. The second-order valence-electron chi connectivity index (χ2n) is 6.06. The predicted molar refractivity (Wildman–Crippen MR) is 101 cm³/mol. The number of fused-ring (bicyclic) bond motifs is 1. The van der Waals surface area contributed by atoms with Gasteiger partial charge >= 0.3 is 6.03 Å². The average Bonchev–Trinajstić information content (AvgIpc) is 2.61. The first kappa shape index (κ1) is 17.6. The first-order valence-corrected chi connectivity index (χ1v) is 8.13. The Balaban J connectivity index is 1.95. The van der Waals surface area contributed by atoms with Crippen LogP contribution in [0.2, 0.25) is 0 Å². The van der Waals surface area contributed by atoms with Crippen molar-refractivity contribution in [1.82, 2.24) is 20.3 Å². The van der Waals surface area contributed by atoms with Gasteiger partial charge in [-0.05, 0) is 43.0 Å². The minimum absolute atomic E-state index is 0.144. The fourth-order valence-corrected chi connectivity index (χ4v) is 2.53. The maximum atomic E-state index is 11.9. The zero-order chi connectivity index (χ0) is 18.7. The quantitative estimate of drug-likeness (QED) is 0.569. The molecule has 3 heterocycles. The number of pyridine rings is 3. The lowest BCUT2D eigenvalue weighted by atomic mass is 10.1. The summed E-state index contributed by atoms with van der Waals surface area (Å²) in [4.78, 5) is 24.7. The van der Waals surface area contributed by atoms with Crippen LogP contribution in [0.25, 0.3) is 22.0 Å². The number of aliphatic hydroxyl groups is 1. The predicted octanol–water partition coefficient (Wildman–Crippen LogP) is 2.08. The van der Waals surface area contributed by atoms with Gasteiger partial charge in [-0.2, -0.15) is 0 Å². The van der Waals surface area contributed by atoms with E-state index in [2.05, 4.69) is 25.6 Å². The van der Waals surface area contributed by atoms with Gasteiger partial charge in [0.2, 0.25) is 0 Å².